The number of carbonyl (C=O) groups is 1. The highest BCUT2D eigenvalue weighted by Gasteiger charge is 2.08. The van der Waals surface area contributed by atoms with Gasteiger partial charge >= 0.3 is 5.97 Å². The quantitative estimate of drug-likeness (QED) is 0.775. The van der Waals surface area contributed by atoms with Crippen molar-refractivity contribution in [2.45, 2.75) is 6.42 Å². The lowest BCUT2D eigenvalue weighted by atomic mass is 10.1. The van der Waals surface area contributed by atoms with Gasteiger partial charge in [0.1, 0.15) is 5.82 Å². The van der Waals surface area contributed by atoms with E-state index in [0.29, 0.717) is 11.3 Å². The van der Waals surface area contributed by atoms with Crippen LogP contribution in [0.15, 0.2) is 24.3 Å². The highest BCUT2D eigenvalue weighted by atomic mass is 32.1. The third-order valence-corrected chi connectivity index (χ3v) is 2.10. The number of halogens is 1. The Hall–Kier alpha value is -1.29. The highest BCUT2D eigenvalue weighted by Crippen LogP contribution is 2.13. The summed E-state index contributed by atoms with van der Waals surface area (Å²) in [6.07, 6.45) is 4.23. The lowest BCUT2D eigenvalue weighted by Gasteiger charge is -2.00. The molecule has 0 aliphatic carbocycles. The van der Waals surface area contributed by atoms with Gasteiger partial charge in [0.2, 0.25) is 0 Å². The van der Waals surface area contributed by atoms with Gasteiger partial charge in [-0.3, -0.25) is 0 Å². The molecule has 4 heteroatoms. The number of hydrogen-bond donors (Lipinski definition) is 2. The van der Waals surface area contributed by atoms with Crippen LogP contribution < -0.4 is 0 Å². The van der Waals surface area contributed by atoms with Gasteiger partial charge in [-0.25, -0.2) is 9.18 Å². The molecule has 0 unspecified atom stereocenters. The van der Waals surface area contributed by atoms with Crippen LogP contribution in [-0.4, -0.2) is 16.8 Å². The van der Waals surface area contributed by atoms with E-state index in [-0.39, 0.29) is 5.56 Å². The summed E-state index contributed by atoms with van der Waals surface area (Å²) in [6.45, 7) is 0. The van der Waals surface area contributed by atoms with Gasteiger partial charge in [0.15, 0.2) is 0 Å². The fourth-order valence-electron chi connectivity index (χ4n) is 1.14. The van der Waals surface area contributed by atoms with Crippen LogP contribution in [0.25, 0.3) is 6.08 Å². The third-order valence-electron chi connectivity index (χ3n) is 1.84. The molecule has 0 aliphatic heterocycles. The molecule has 0 radical (unpaired) electrons. The number of carboxylic acids is 1. The summed E-state index contributed by atoms with van der Waals surface area (Å²) >= 11 is 4.02. The second-order valence-electron chi connectivity index (χ2n) is 2.95. The Balaban J connectivity index is 3.01. The van der Waals surface area contributed by atoms with Crippen LogP contribution in [0, 0.1) is 5.82 Å². The summed E-state index contributed by atoms with van der Waals surface area (Å²) in [4.78, 5) is 10.8. The minimum absolute atomic E-state index is 0.0228. The average molecular weight is 226 g/mol. The Bertz CT molecular complexity index is 388. The van der Waals surface area contributed by atoms with Gasteiger partial charge in [-0.15, -0.1) is 0 Å². The fourth-order valence-corrected chi connectivity index (χ4v) is 1.29. The van der Waals surface area contributed by atoms with Gasteiger partial charge in [0, 0.05) is 0 Å². The van der Waals surface area contributed by atoms with E-state index < -0.39 is 11.8 Å². The van der Waals surface area contributed by atoms with Gasteiger partial charge in [-0.2, -0.15) is 12.6 Å². The van der Waals surface area contributed by atoms with Gasteiger partial charge in [-0.05, 0) is 29.9 Å². The lowest BCUT2D eigenvalue weighted by Crippen LogP contribution is -2.00. The molecule has 0 amide bonds. The van der Waals surface area contributed by atoms with Crippen LogP contribution in [-0.2, 0) is 0 Å². The molecular weight excluding hydrogens is 215 g/mol. The van der Waals surface area contributed by atoms with E-state index in [0.717, 1.165) is 12.5 Å². The predicted molar refractivity (Wildman–Crippen MR) is 60.9 cm³/mol. The molecule has 1 N–H and O–H groups in total. The number of thiol groups is 1. The molecule has 0 spiro atoms. The van der Waals surface area contributed by atoms with Crippen molar-refractivity contribution < 1.29 is 14.3 Å². The van der Waals surface area contributed by atoms with Crippen LogP contribution in [0.2, 0.25) is 0 Å². The molecule has 0 atom stereocenters. The largest absolute Gasteiger partial charge is 0.478 e. The first-order valence-corrected chi connectivity index (χ1v) is 5.08. The van der Waals surface area contributed by atoms with Crippen LogP contribution in [0.5, 0.6) is 0 Å². The van der Waals surface area contributed by atoms with Crippen molar-refractivity contribution in [1.29, 1.82) is 0 Å². The van der Waals surface area contributed by atoms with E-state index in [9.17, 15) is 9.18 Å². The summed E-state index contributed by atoms with van der Waals surface area (Å²) in [5, 5.41) is 8.83. The van der Waals surface area contributed by atoms with Gasteiger partial charge < -0.3 is 5.11 Å². The van der Waals surface area contributed by atoms with Gasteiger partial charge in [0.25, 0.3) is 0 Å². The first kappa shape index (κ1) is 11.8. The van der Waals surface area contributed by atoms with Crippen molar-refractivity contribution in [2.24, 2.45) is 0 Å². The van der Waals surface area contributed by atoms with Crippen LogP contribution in [0.3, 0.4) is 0 Å². The molecule has 15 heavy (non-hydrogen) atoms. The Morgan fingerprint density at radius 3 is 2.87 bits per heavy atom. The Labute approximate surface area is 92.8 Å². The standard InChI is InChI=1S/C11H11FO2S/c12-9-5-4-8(3-1-2-6-15)10(7-9)11(13)14/h1,3-5,7,15H,2,6H2,(H,13,14). The van der Waals surface area contributed by atoms with E-state index in [1.807, 2.05) is 6.08 Å². The molecule has 0 heterocycles. The van der Waals surface area contributed by atoms with E-state index in [4.69, 9.17) is 5.11 Å². The first-order chi connectivity index (χ1) is 7.15. The van der Waals surface area contributed by atoms with Crippen LogP contribution in [0.1, 0.15) is 22.3 Å². The maximum Gasteiger partial charge on any atom is 0.336 e. The molecular formula is C11H11FO2S. The van der Waals surface area contributed by atoms with Crippen LogP contribution >= 0.6 is 12.6 Å². The summed E-state index contributed by atoms with van der Waals surface area (Å²) < 4.78 is 12.8. The van der Waals surface area contributed by atoms with Crippen LogP contribution in [0.4, 0.5) is 4.39 Å². The topological polar surface area (TPSA) is 37.3 Å². The number of carboxylic acid groups (broad SMARTS) is 1. The third kappa shape index (κ3) is 3.40. The normalized spacial score (nSPS) is 10.8. The first-order valence-electron chi connectivity index (χ1n) is 4.45. The maximum absolute atomic E-state index is 12.8. The number of benzene rings is 1. The monoisotopic (exact) mass is 226 g/mol. The summed E-state index contributed by atoms with van der Waals surface area (Å²) in [5.41, 5.74) is 0.482. The van der Waals surface area contributed by atoms with E-state index >= 15 is 0 Å². The molecule has 0 bridgehead atoms. The number of aromatic carboxylic acids is 1. The minimum atomic E-state index is -1.12. The average Bonchev–Trinajstić information content (AvgIpc) is 2.20. The fraction of sp³-hybridized carbons (Fsp3) is 0.182. The molecule has 0 aromatic heterocycles. The van der Waals surface area contributed by atoms with Gasteiger partial charge in [-0.1, -0.05) is 18.2 Å². The number of hydrogen-bond acceptors (Lipinski definition) is 2. The molecule has 0 fully saturated rings. The van der Waals surface area contributed by atoms with Crippen molar-refractivity contribution in [2.75, 3.05) is 5.75 Å². The van der Waals surface area contributed by atoms with Crippen molar-refractivity contribution in [3.63, 3.8) is 0 Å². The van der Waals surface area contributed by atoms with E-state index in [1.165, 1.54) is 12.1 Å². The molecule has 0 aliphatic rings. The van der Waals surface area contributed by atoms with E-state index in [1.54, 1.807) is 6.08 Å². The second-order valence-corrected chi connectivity index (χ2v) is 3.40. The zero-order valence-electron chi connectivity index (χ0n) is 7.98. The number of allylic oxidation sites excluding steroid dienone is 1. The minimum Gasteiger partial charge on any atom is -0.478 e. The van der Waals surface area contributed by atoms with E-state index in [2.05, 4.69) is 12.6 Å². The maximum atomic E-state index is 12.8. The number of rotatable bonds is 4. The van der Waals surface area contributed by atoms with Gasteiger partial charge in [0.05, 0.1) is 5.56 Å². The second kappa shape index (κ2) is 5.56. The molecule has 1 aromatic rings. The SMILES string of the molecule is O=C(O)c1cc(F)ccc1C=CCCS. The Morgan fingerprint density at radius 1 is 1.53 bits per heavy atom. The smallest absolute Gasteiger partial charge is 0.336 e. The van der Waals surface area contributed by atoms with Crippen molar-refractivity contribution in [3.05, 3.63) is 41.2 Å². The van der Waals surface area contributed by atoms with Crippen molar-refractivity contribution in [3.8, 4) is 0 Å². The summed E-state index contributed by atoms with van der Waals surface area (Å²) in [5.74, 6) is -0.973. The molecule has 1 aromatic carbocycles. The zero-order chi connectivity index (χ0) is 11.3. The Morgan fingerprint density at radius 2 is 2.27 bits per heavy atom. The predicted octanol–water partition coefficient (Wildman–Crippen LogP) is 2.86. The molecule has 1 rings (SSSR count). The molecule has 0 saturated heterocycles. The van der Waals surface area contributed by atoms with Crippen molar-refractivity contribution >= 4 is 24.7 Å². The summed E-state index contributed by atoms with van der Waals surface area (Å²) in [7, 11) is 0. The zero-order valence-corrected chi connectivity index (χ0v) is 8.88. The summed E-state index contributed by atoms with van der Waals surface area (Å²) in [6, 6.07) is 3.71. The van der Waals surface area contributed by atoms with Crippen molar-refractivity contribution in [1.82, 2.24) is 0 Å². The molecule has 80 valence electrons. The lowest BCUT2D eigenvalue weighted by molar-refractivity contribution is 0.0696. The molecule has 2 nitrogen and oxygen atoms in total. The highest BCUT2D eigenvalue weighted by molar-refractivity contribution is 7.80. The molecule has 0 saturated carbocycles. The Kier molecular flexibility index (Phi) is 4.37.